The molecule has 0 N–H and O–H groups in total. The number of nitrogens with zero attached hydrogens (tertiary/aromatic N) is 2. The van der Waals surface area contributed by atoms with Crippen molar-refractivity contribution in [3.05, 3.63) is 51.1 Å². The number of hydrogen-bond donors (Lipinski definition) is 0. The van der Waals surface area contributed by atoms with Gasteiger partial charge in [0, 0.05) is 37.7 Å². The van der Waals surface area contributed by atoms with Crippen molar-refractivity contribution >= 4 is 32.5 Å². The van der Waals surface area contributed by atoms with Crippen LogP contribution in [-0.2, 0) is 28.4 Å². The van der Waals surface area contributed by atoms with Crippen molar-refractivity contribution < 1.29 is 17.6 Å². The molecule has 0 bridgehead atoms. The SMILES string of the molecule is Cn1c(=O)oc2cc(S(=O)(=O)N(Cc3cccs3)C[C@@H]3CCCO3)ccc21. The van der Waals surface area contributed by atoms with Crippen LogP contribution < -0.4 is 5.76 Å². The van der Waals surface area contributed by atoms with Crippen LogP contribution in [0.25, 0.3) is 11.1 Å². The van der Waals surface area contributed by atoms with Crippen LogP contribution in [0, 0.1) is 0 Å². The number of ether oxygens (including phenoxy) is 1. The lowest BCUT2D eigenvalue weighted by molar-refractivity contribution is 0.0927. The molecule has 27 heavy (non-hydrogen) atoms. The van der Waals surface area contributed by atoms with Gasteiger partial charge in [0.2, 0.25) is 10.0 Å². The Morgan fingerprint density at radius 1 is 1.33 bits per heavy atom. The van der Waals surface area contributed by atoms with Gasteiger partial charge in [-0.1, -0.05) is 6.07 Å². The monoisotopic (exact) mass is 408 g/mol. The van der Waals surface area contributed by atoms with Gasteiger partial charge in [0.15, 0.2) is 5.58 Å². The standard InChI is InChI=1S/C18H20N2O5S2/c1-19-16-7-6-15(10-17(16)25-18(19)21)27(22,23)20(11-13-4-2-8-24-13)12-14-5-3-9-26-14/h3,5-7,9-10,13H,2,4,8,11-12H2,1H3/t13-/m0/s1. The Balaban J connectivity index is 1.71. The van der Waals surface area contributed by atoms with Crippen LogP contribution >= 0.6 is 11.3 Å². The van der Waals surface area contributed by atoms with Crippen LogP contribution in [0.5, 0.6) is 0 Å². The first-order chi connectivity index (χ1) is 12.9. The van der Waals surface area contributed by atoms with E-state index in [1.807, 2.05) is 17.5 Å². The zero-order chi connectivity index (χ0) is 19.0. The van der Waals surface area contributed by atoms with Gasteiger partial charge >= 0.3 is 5.76 Å². The molecule has 1 atom stereocenters. The summed E-state index contributed by atoms with van der Waals surface area (Å²) in [5, 5.41) is 1.93. The van der Waals surface area contributed by atoms with Crippen LogP contribution in [0.2, 0.25) is 0 Å². The predicted octanol–water partition coefficient (Wildman–Crippen LogP) is 2.56. The topological polar surface area (TPSA) is 81.8 Å². The summed E-state index contributed by atoms with van der Waals surface area (Å²) in [4.78, 5) is 12.8. The molecule has 0 radical (unpaired) electrons. The number of hydrogen-bond acceptors (Lipinski definition) is 6. The first-order valence-corrected chi connectivity index (χ1v) is 11.0. The summed E-state index contributed by atoms with van der Waals surface area (Å²) in [7, 11) is -2.18. The molecule has 7 nitrogen and oxygen atoms in total. The fourth-order valence-corrected chi connectivity index (χ4v) is 5.53. The minimum absolute atomic E-state index is 0.0990. The van der Waals surface area contributed by atoms with Crippen LogP contribution in [0.3, 0.4) is 0 Å². The number of benzene rings is 1. The predicted molar refractivity (Wildman–Crippen MR) is 102 cm³/mol. The number of rotatable bonds is 6. The van der Waals surface area contributed by atoms with Crippen LogP contribution in [-0.4, -0.2) is 36.5 Å². The Bertz CT molecular complexity index is 1090. The molecule has 4 rings (SSSR count). The summed E-state index contributed by atoms with van der Waals surface area (Å²) >= 11 is 1.52. The lowest BCUT2D eigenvalue weighted by atomic mass is 10.2. The fourth-order valence-electron chi connectivity index (χ4n) is 3.26. The van der Waals surface area contributed by atoms with Crippen molar-refractivity contribution in [1.29, 1.82) is 0 Å². The zero-order valence-electron chi connectivity index (χ0n) is 14.8. The molecule has 144 valence electrons. The third kappa shape index (κ3) is 3.60. The quantitative estimate of drug-likeness (QED) is 0.626. The third-order valence-electron chi connectivity index (χ3n) is 4.75. The van der Waals surface area contributed by atoms with Gasteiger partial charge in [-0.15, -0.1) is 11.3 Å². The van der Waals surface area contributed by atoms with E-state index < -0.39 is 15.8 Å². The van der Waals surface area contributed by atoms with Gasteiger partial charge in [-0.25, -0.2) is 13.2 Å². The smallest absolute Gasteiger partial charge is 0.408 e. The minimum atomic E-state index is -3.77. The summed E-state index contributed by atoms with van der Waals surface area (Å²) < 4.78 is 40.3. The second-order valence-corrected chi connectivity index (χ2v) is 9.54. The van der Waals surface area contributed by atoms with Gasteiger partial charge < -0.3 is 9.15 Å². The highest BCUT2D eigenvalue weighted by Gasteiger charge is 2.30. The third-order valence-corrected chi connectivity index (χ3v) is 7.41. The van der Waals surface area contributed by atoms with Crippen molar-refractivity contribution in [2.24, 2.45) is 7.05 Å². The summed E-state index contributed by atoms with van der Waals surface area (Å²) in [5.41, 5.74) is 0.819. The first-order valence-electron chi connectivity index (χ1n) is 8.69. The summed E-state index contributed by atoms with van der Waals surface area (Å²) in [5.74, 6) is -0.519. The molecule has 0 unspecified atom stereocenters. The van der Waals surface area contributed by atoms with Crippen molar-refractivity contribution in [1.82, 2.24) is 8.87 Å². The van der Waals surface area contributed by atoms with E-state index in [1.165, 1.54) is 32.3 Å². The van der Waals surface area contributed by atoms with Crippen molar-refractivity contribution in [2.75, 3.05) is 13.2 Å². The number of oxazole rings is 1. The van der Waals surface area contributed by atoms with E-state index in [4.69, 9.17) is 9.15 Å². The van der Waals surface area contributed by atoms with E-state index in [2.05, 4.69) is 0 Å². The number of aryl methyl sites for hydroxylation is 1. The van der Waals surface area contributed by atoms with E-state index in [0.717, 1.165) is 17.7 Å². The molecule has 0 saturated carbocycles. The highest BCUT2D eigenvalue weighted by molar-refractivity contribution is 7.89. The maximum Gasteiger partial charge on any atom is 0.419 e. The molecule has 9 heteroatoms. The maximum absolute atomic E-state index is 13.3. The summed E-state index contributed by atoms with van der Waals surface area (Å²) in [6.07, 6.45) is 1.69. The number of thiophene rings is 1. The van der Waals surface area contributed by atoms with Gasteiger partial charge in [0.05, 0.1) is 16.5 Å². The van der Waals surface area contributed by atoms with Crippen molar-refractivity contribution in [3.63, 3.8) is 0 Å². The molecule has 3 heterocycles. The van der Waals surface area contributed by atoms with Gasteiger partial charge in [-0.2, -0.15) is 4.31 Å². The Morgan fingerprint density at radius 3 is 2.89 bits per heavy atom. The first kappa shape index (κ1) is 18.4. The highest BCUT2D eigenvalue weighted by Crippen LogP contribution is 2.26. The maximum atomic E-state index is 13.3. The van der Waals surface area contributed by atoms with Crippen molar-refractivity contribution in [3.8, 4) is 0 Å². The van der Waals surface area contributed by atoms with E-state index in [1.54, 1.807) is 13.1 Å². The molecule has 0 amide bonds. The van der Waals surface area contributed by atoms with Gasteiger partial charge in [0.1, 0.15) is 0 Å². The Morgan fingerprint density at radius 2 is 2.19 bits per heavy atom. The van der Waals surface area contributed by atoms with Crippen LogP contribution in [0.15, 0.2) is 49.8 Å². The van der Waals surface area contributed by atoms with Gasteiger partial charge in [0.25, 0.3) is 0 Å². The van der Waals surface area contributed by atoms with Gasteiger partial charge in [-0.05, 0) is 36.4 Å². The molecule has 1 fully saturated rings. The fraction of sp³-hybridized carbons (Fsp3) is 0.389. The average molecular weight is 409 g/mol. The molecule has 1 saturated heterocycles. The van der Waals surface area contributed by atoms with E-state index in [9.17, 15) is 13.2 Å². The average Bonchev–Trinajstić information content (AvgIpc) is 3.38. The normalized spacial score (nSPS) is 17.9. The van der Waals surface area contributed by atoms with Gasteiger partial charge in [-0.3, -0.25) is 4.57 Å². The van der Waals surface area contributed by atoms with Crippen LogP contribution in [0.1, 0.15) is 17.7 Å². The summed E-state index contributed by atoms with van der Waals surface area (Å²) in [6.45, 7) is 1.26. The Kier molecular flexibility index (Phi) is 4.94. The van der Waals surface area contributed by atoms with Crippen LogP contribution in [0.4, 0.5) is 0 Å². The summed E-state index contributed by atoms with van der Waals surface area (Å²) in [6, 6.07) is 8.36. The minimum Gasteiger partial charge on any atom is -0.408 e. The lowest BCUT2D eigenvalue weighted by Crippen LogP contribution is -2.36. The molecular formula is C18H20N2O5S2. The molecule has 0 spiro atoms. The van der Waals surface area contributed by atoms with E-state index >= 15 is 0 Å². The van der Waals surface area contributed by atoms with E-state index in [-0.39, 0.29) is 23.1 Å². The molecular weight excluding hydrogens is 388 g/mol. The molecule has 0 aliphatic carbocycles. The molecule has 1 aliphatic rings. The Hall–Kier alpha value is -1.94. The molecule has 1 aromatic carbocycles. The lowest BCUT2D eigenvalue weighted by Gasteiger charge is -2.24. The van der Waals surface area contributed by atoms with Crippen molar-refractivity contribution in [2.45, 2.75) is 30.4 Å². The number of fused-ring (bicyclic) bond motifs is 1. The molecule has 1 aliphatic heterocycles. The highest BCUT2D eigenvalue weighted by atomic mass is 32.2. The Labute approximate surface area is 160 Å². The number of sulfonamides is 1. The zero-order valence-corrected chi connectivity index (χ0v) is 16.5. The molecule has 3 aromatic rings. The van der Waals surface area contributed by atoms with E-state index in [0.29, 0.717) is 18.7 Å². The largest absolute Gasteiger partial charge is 0.419 e. The second-order valence-electron chi connectivity index (χ2n) is 6.57. The molecule has 2 aromatic heterocycles. The second kappa shape index (κ2) is 7.23. The number of aromatic nitrogens is 1.